The van der Waals surface area contributed by atoms with Gasteiger partial charge in [0.1, 0.15) is 0 Å². The van der Waals surface area contributed by atoms with E-state index in [0.717, 1.165) is 43.0 Å². The lowest BCUT2D eigenvalue weighted by atomic mass is 10.0. The van der Waals surface area contributed by atoms with Crippen molar-refractivity contribution < 1.29 is 0 Å². The zero-order valence-electron chi connectivity index (χ0n) is 13.4. The molecule has 1 atom stereocenters. The van der Waals surface area contributed by atoms with Gasteiger partial charge >= 0.3 is 0 Å². The van der Waals surface area contributed by atoms with Crippen molar-refractivity contribution in [2.24, 2.45) is 0 Å². The molecular formula is C19H22Cl3N. The SMILES string of the molecule is C=C1CN(C(C)CCc2ccc(Cl)c(Cl)c2)CCC=CC=C1Cl. The molecule has 1 aliphatic rings. The molecule has 0 spiro atoms. The molecular weight excluding hydrogens is 349 g/mol. The third kappa shape index (κ3) is 5.69. The van der Waals surface area contributed by atoms with Gasteiger partial charge in [0.2, 0.25) is 0 Å². The van der Waals surface area contributed by atoms with Crippen LogP contribution in [0.1, 0.15) is 25.3 Å². The van der Waals surface area contributed by atoms with E-state index >= 15 is 0 Å². The monoisotopic (exact) mass is 369 g/mol. The fourth-order valence-electron chi connectivity index (χ4n) is 2.64. The van der Waals surface area contributed by atoms with Gasteiger partial charge < -0.3 is 0 Å². The van der Waals surface area contributed by atoms with Crippen LogP contribution >= 0.6 is 34.8 Å². The van der Waals surface area contributed by atoms with E-state index in [9.17, 15) is 0 Å². The molecule has 4 heteroatoms. The first-order valence-corrected chi connectivity index (χ1v) is 8.99. The first-order chi connectivity index (χ1) is 11.0. The van der Waals surface area contributed by atoms with Crippen LogP contribution in [0.25, 0.3) is 0 Å². The lowest BCUT2D eigenvalue weighted by Gasteiger charge is -2.29. The van der Waals surface area contributed by atoms with Crippen LogP contribution in [0.4, 0.5) is 0 Å². The number of benzene rings is 1. The Morgan fingerprint density at radius 2 is 2.00 bits per heavy atom. The zero-order valence-corrected chi connectivity index (χ0v) is 15.6. The van der Waals surface area contributed by atoms with E-state index in [-0.39, 0.29) is 0 Å². The second-order valence-electron chi connectivity index (χ2n) is 5.94. The maximum absolute atomic E-state index is 6.25. The number of aryl methyl sites for hydroxylation is 1. The summed E-state index contributed by atoms with van der Waals surface area (Å²) in [6, 6.07) is 6.30. The molecule has 0 saturated heterocycles. The van der Waals surface area contributed by atoms with Crippen molar-refractivity contribution in [2.45, 2.75) is 32.2 Å². The highest BCUT2D eigenvalue weighted by molar-refractivity contribution is 6.42. The van der Waals surface area contributed by atoms with Gasteiger partial charge in [-0.05, 0) is 55.5 Å². The molecule has 0 bridgehead atoms. The van der Waals surface area contributed by atoms with Crippen molar-refractivity contribution in [3.8, 4) is 0 Å². The fraction of sp³-hybridized carbons (Fsp3) is 0.368. The zero-order chi connectivity index (χ0) is 16.8. The summed E-state index contributed by atoms with van der Waals surface area (Å²) in [5.74, 6) is 0. The summed E-state index contributed by atoms with van der Waals surface area (Å²) in [4.78, 5) is 2.44. The van der Waals surface area contributed by atoms with Gasteiger partial charge in [0.05, 0.1) is 10.0 Å². The standard InChI is InChI=1S/C19H22Cl3N/c1-14-13-23(11-5-3-4-6-17(14)20)15(2)7-8-16-9-10-18(21)19(22)12-16/h3-4,6,9-10,12,15H,1,5,7-8,11,13H2,2H3. The fourth-order valence-corrected chi connectivity index (χ4v) is 3.09. The summed E-state index contributed by atoms with van der Waals surface area (Å²) in [5, 5.41) is 1.97. The molecule has 0 fully saturated rings. The molecule has 0 aliphatic carbocycles. The average molecular weight is 371 g/mol. The Hall–Kier alpha value is -0.730. The number of hydrogen-bond acceptors (Lipinski definition) is 1. The summed E-state index contributed by atoms with van der Waals surface area (Å²) in [5.41, 5.74) is 2.19. The third-order valence-electron chi connectivity index (χ3n) is 4.15. The van der Waals surface area contributed by atoms with Crippen LogP contribution in [0.5, 0.6) is 0 Å². The van der Waals surface area contributed by atoms with Gasteiger partial charge in [0, 0.05) is 24.2 Å². The van der Waals surface area contributed by atoms with Crippen LogP contribution in [0.15, 0.2) is 53.6 Å². The van der Waals surface area contributed by atoms with Crippen molar-refractivity contribution >= 4 is 34.8 Å². The average Bonchev–Trinajstić information content (AvgIpc) is 2.60. The number of rotatable bonds is 4. The summed E-state index contributed by atoms with van der Waals surface area (Å²) >= 11 is 18.3. The Morgan fingerprint density at radius 1 is 1.22 bits per heavy atom. The number of halogens is 3. The maximum Gasteiger partial charge on any atom is 0.0595 e. The van der Waals surface area contributed by atoms with E-state index in [2.05, 4.69) is 24.5 Å². The van der Waals surface area contributed by atoms with Crippen molar-refractivity contribution in [2.75, 3.05) is 13.1 Å². The molecule has 1 aliphatic heterocycles. The van der Waals surface area contributed by atoms with Gasteiger partial charge in [-0.25, -0.2) is 0 Å². The summed E-state index contributed by atoms with van der Waals surface area (Å²) < 4.78 is 0. The highest BCUT2D eigenvalue weighted by Crippen LogP contribution is 2.24. The minimum absolute atomic E-state index is 0.442. The van der Waals surface area contributed by atoms with Crippen molar-refractivity contribution in [3.05, 3.63) is 69.2 Å². The first-order valence-electron chi connectivity index (χ1n) is 7.86. The number of nitrogens with zero attached hydrogens (tertiary/aromatic N) is 1. The van der Waals surface area contributed by atoms with E-state index < -0.39 is 0 Å². The molecule has 23 heavy (non-hydrogen) atoms. The Morgan fingerprint density at radius 3 is 2.74 bits per heavy atom. The second kappa shape index (κ2) is 8.94. The molecule has 0 aromatic heterocycles. The quantitative estimate of drug-likeness (QED) is 0.605. The maximum atomic E-state index is 6.25. The highest BCUT2D eigenvalue weighted by atomic mass is 35.5. The van der Waals surface area contributed by atoms with Gasteiger partial charge in [0.25, 0.3) is 0 Å². The molecule has 124 valence electrons. The molecule has 1 unspecified atom stereocenters. The van der Waals surface area contributed by atoms with Gasteiger partial charge in [0.15, 0.2) is 0 Å². The van der Waals surface area contributed by atoms with Gasteiger partial charge in [-0.3, -0.25) is 4.90 Å². The largest absolute Gasteiger partial charge is 0.296 e. The summed E-state index contributed by atoms with van der Waals surface area (Å²) in [7, 11) is 0. The first kappa shape index (κ1) is 18.6. The topological polar surface area (TPSA) is 3.24 Å². The van der Waals surface area contributed by atoms with Crippen LogP contribution in [0, 0.1) is 0 Å². The van der Waals surface area contributed by atoms with E-state index in [0.29, 0.717) is 16.1 Å². The van der Waals surface area contributed by atoms with E-state index in [4.69, 9.17) is 34.8 Å². The molecule has 1 nitrogen and oxygen atoms in total. The molecule has 0 amide bonds. The normalized spacial score (nSPS) is 18.1. The van der Waals surface area contributed by atoms with E-state index in [1.807, 2.05) is 30.4 Å². The summed E-state index contributed by atoms with van der Waals surface area (Å²) in [6.07, 6.45) is 9.13. The van der Waals surface area contributed by atoms with Crippen molar-refractivity contribution in [3.63, 3.8) is 0 Å². The van der Waals surface area contributed by atoms with Gasteiger partial charge in [-0.2, -0.15) is 0 Å². The Bertz CT molecular complexity index is 619. The Balaban J connectivity index is 1.96. The predicted octanol–water partition coefficient (Wildman–Crippen LogP) is 6.26. The van der Waals surface area contributed by atoms with Crippen molar-refractivity contribution in [1.29, 1.82) is 0 Å². The van der Waals surface area contributed by atoms with Crippen LogP contribution < -0.4 is 0 Å². The number of hydrogen-bond donors (Lipinski definition) is 0. The molecule has 0 radical (unpaired) electrons. The Labute approximate surface area is 154 Å². The molecule has 1 aromatic rings. The minimum atomic E-state index is 0.442. The van der Waals surface area contributed by atoms with E-state index in [1.54, 1.807) is 0 Å². The second-order valence-corrected chi connectivity index (χ2v) is 7.16. The van der Waals surface area contributed by atoms with E-state index in [1.165, 1.54) is 5.56 Å². The van der Waals surface area contributed by atoms with Crippen molar-refractivity contribution in [1.82, 2.24) is 4.90 Å². The van der Waals surface area contributed by atoms with Crippen LogP contribution in [0.3, 0.4) is 0 Å². The number of allylic oxidation sites excluding steroid dienone is 2. The van der Waals surface area contributed by atoms with Gasteiger partial charge in [-0.15, -0.1) is 0 Å². The Kier molecular flexibility index (Phi) is 7.23. The molecule has 2 rings (SSSR count). The molecule has 0 N–H and O–H groups in total. The third-order valence-corrected chi connectivity index (χ3v) is 5.28. The minimum Gasteiger partial charge on any atom is -0.296 e. The molecule has 0 saturated carbocycles. The molecule has 1 aromatic carbocycles. The van der Waals surface area contributed by atoms with Crippen LogP contribution in [0.2, 0.25) is 10.0 Å². The molecule has 1 heterocycles. The van der Waals surface area contributed by atoms with Crippen LogP contribution in [-0.2, 0) is 6.42 Å². The summed E-state index contributed by atoms with van der Waals surface area (Å²) in [6.45, 7) is 8.17. The predicted molar refractivity (Wildman–Crippen MR) is 103 cm³/mol. The van der Waals surface area contributed by atoms with Gasteiger partial charge in [-0.1, -0.05) is 59.6 Å². The lowest BCUT2D eigenvalue weighted by molar-refractivity contribution is 0.222. The lowest BCUT2D eigenvalue weighted by Crippen LogP contribution is -2.35. The smallest absolute Gasteiger partial charge is 0.0595 e. The highest BCUT2D eigenvalue weighted by Gasteiger charge is 2.16. The van der Waals surface area contributed by atoms with Crippen LogP contribution in [-0.4, -0.2) is 24.0 Å².